The van der Waals surface area contributed by atoms with Crippen LogP contribution in [-0.2, 0) is 4.79 Å². The molecule has 0 saturated heterocycles. The minimum atomic E-state index is -0.485. The maximum absolute atomic E-state index is 10.5. The highest BCUT2D eigenvalue weighted by atomic mass is 16.5. The van der Waals surface area contributed by atoms with Crippen LogP contribution in [0.3, 0.4) is 0 Å². The minimum absolute atomic E-state index is 0.105. The molecular formula is C11H10N2O2. The number of hydrogen-bond donors (Lipinski definition) is 1. The summed E-state index contributed by atoms with van der Waals surface area (Å²) in [5.41, 5.74) is 4.98. The van der Waals surface area contributed by atoms with Crippen molar-refractivity contribution in [2.24, 2.45) is 5.73 Å². The number of aromatic nitrogens is 1. The van der Waals surface area contributed by atoms with Crippen LogP contribution in [-0.4, -0.2) is 17.5 Å². The van der Waals surface area contributed by atoms with Crippen LogP contribution in [0.2, 0.25) is 0 Å². The molecule has 0 saturated carbocycles. The molecule has 0 unspecified atom stereocenters. The predicted molar refractivity (Wildman–Crippen MR) is 56.4 cm³/mol. The summed E-state index contributed by atoms with van der Waals surface area (Å²) in [7, 11) is 0. The Hall–Kier alpha value is -2.10. The number of nitrogens with zero attached hydrogens (tertiary/aromatic N) is 1. The van der Waals surface area contributed by atoms with E-state index in [0.717, 1.165) is 10.8 Å². The lowest BCUT2D eigenvalue weighted by molar-refractivity contribution is -0.119. The molecule has 2 N–H and O–H groups in total. The van der Waals surface area contributed by atoms with Crippen LogP contribution in [0.25, 0.3) is 10.8 Å². The number of primary amides is 1. The van der Waals surface area contributed by atoms with Crippen molar-refractivity contribution in [2.45, 2.75) is 0 Å². The molecule has 1 amide bonds. The third-order valence-electron chi connectivity index (χ3n) is 1.99. The summed E-state index contributed by atoms with van der Waals surface area (Å²) < 4.78 is 5.17. The molecule has 0 aliphatic heterocycles. The molecule has 1 aromatic heterocycles. The van der Waals surface area contributed by atoms with Gasteiger partial charge < -0.3 is 10.5 Å². The first-order valence-corrected chi connectivity index (χ1v) is 4.50. The Morgan fingerprint density at radius 2 is 2.20 bits per heavy atom. The van der Waals surface area contributed by atoms with Crippen LogP contribution in [0.5, 0.6) is 5.75 Å². The lowest BCUT2D eigenvalue weighted by Gasteiger charge is -2.04. The number of rotatable bonds is 3. The summed E-state index contributed by atoms with van der Waals surface area (Å²) in [6.07, 6.45) is 3.47. The number of carbonyl (C=O) groups excluding carboxylic acids is 1. The maximum Gasteiger partial charge on any atom is 0.255 e. The molecule has 2 rings (SSSR count). The highest BCUT2D eigenvalue weighted by Crippen LogP contribution is 2.19. The molecule has 0 aliphatic carbocycles. The zero-order valence-corrected chi connectivity index (χ0v) is 8.01. The topological polar surface area (TPSA) is 65.2 Å². The van der Waals surface area contributed by atoms with E-state index in [-0.39, 0.29) is 6.61 Å². The average Bonchev–Trinajstić information content (AvgIpc) is 2.26. The van der Waals surface area contributed by atoms with Gasteiger partial charge in [0.15, 0.2) is 6.61 Å². The van der Waals surface area contributed by atoms with Crippen LogP contribution in [0.1, 0.15) is 0 Å². The quantitative estimate of drug-likeness (QED) is 0.810. The van der Waals surface area contributed by atoms with E-state index in [9.17, 15) is 4.79 Å². The van der Waals surface area contributed by atoms with E-state index in [1.165, 1.54) is 0 Å². The largest absolute Gasteiger partial charge is 0.484 e. The molecule has 4 nitrogen and oxygen atoms in total. The number of benzene rings is 1. The van der Waals surface area contributed by atoms with E-state index < -0.39 is 5.91 Å². The number of amides is 1. The van der Waals surface area contributed by atoms with Crippen molar-refractivity contribution in [3.8, 4) is 5.75 Å². The normalized spacial score (nSPS) is 10.1. The van der Waals surface area contributed by atoms with Crippen LogP contribution >= 0.6 is 0 Å². The van der Waals surface area contributed by atoms with Gasteiger partial charge in [0.2, 0.25) is 0 Å². The van der Waals surface area contributed by atoms with Crippen molar-refractivity contribution in [3.05, 3.63) is 36.7 Å². The Morgan fingerprint density at radius 3 is 3.00 bits per heavy atom. The van der Waals surface area contributed by atoms with Gasteiger partial charge in [-0.2, -0.15) is 0 Å². The first-order valence-electron chi connectivity index (χ1n) is 4.50. The van der Waals surface area contributed by atoms with E-state index in [2.05, 4.69) is 4.98 Å². The summed E-state index contributed by atoms with van der Waals surface area (Å²) in [6.45, 7) is -0.105. The molecule has 76 valence electrons. The Bertz CT molecular complexity index is 497. The van der Waals surface area contributed by atoms with E-state index in [1.54, 1.807) is 18.5 Å². The number of pyridine rings is 1. The number of hydrogen-bond acceptors (Lipinski definition) is 3. The van der Waals surface area contributed by atoms with Crippen molar-refractivity contribution in [2.75, 3.05) is 6.61 Å². The Labute approximate surface area is 86.7 Å². The summed E-state index contributed by atoms with van der Waals surface area (Å²) in [4.78, 5) is 14.5. The van der Waals surface area contributed by atoms with Gasteiger partial charge in [0.05, 0.1) is 0 Å². The summed E-state index contributed by atoms with van der Waals surface area (Å²) in [6, 6.07) is 7.44. The van der Waals surface area contributed by atoms with Gasteiger partial charge in [-0.3, -0.25) is 9.78 Å². The lowest BCUT2D eigenvalue weighted by Crippen LogP contribution is -2.19. The molecule has 4 heteroatoms. The SMILES string of the molecule is NC(=O)COc1ccc2ccncc2c1. The minimum Gasteiger partial charge on any atom is -0.484 e. The van der Waals surface area contributed by atoms with Gasteiger partial charge >= 0.3 is 0 Å². The molecule has 15 heavy (non-hydrogen) atoms. The lowest BCUT2D eigenvalue weighted by atomic mass is 10.2. The Balaban J connectivity index is 2.26. The van der Waals surface area contributed by atoms with Gasteiger partial charge in [0, 0.05) is 17.8 Å². The summed E-state index contributed by atoms with van der Waals surface area (Å²) >= 11 is 0. The first-order chi connectivity index (χ1) is 7.25. The van der Waals surface area contributed by atoms with Crippen molar-refractivity contribution >= 4 is 16.7 Å². The van der Waals surface area contributed by atoms with Crippen LogP contribution in [0.15, 0.2) is 36.7 Å². The number of nitrogens with two attached hydrogens (primary N) is 1. The fraction of sp³-hybridized carbons (Fsp3) is 0.0909. The van der Waals surface area contributed by atoms with Crippen molar-refractivity contribution in [1.29, 1.82) is 0 Å². The van der Waals surface area contributed by atoms with E-state index >= 15 is 0 Å². The Kier molecular flexibility index (Phi) is 2.49. The number of carbonyl (C=O) groups is 1. The van der Waals surface area contributed by atoms with Gasteiger partial charge in [-0.25, -0.2) is 0 Å². The van der Waals surface area contributed by atoms with Gasteiger partial charge in [0.1, 0.15) is 5.75 Å². The zero-order valence-electron chi connectivity index (χ0n) is 8.01. The van der Waals surface area contributed by atoms with Crippen molar-refractivity contribution in [1.82, 2.24) is 4.98 Å². The van der Waals surface area contributed by atoms with E-state index in [1.807, 2.05) is 18.2 Å². The van der Waals surface area contributed by atoms with Gasteiger partial charge in [-0.15, -0.1) is 0 Å². The molecule has 0 radical (unpaired) electrons. The van der Waals surface area contributed by atoms with Gasteiger partial charge in [-0.1, -0.05) is 6.07 Å². The molecule has 1 heterocycles. The third kappa shape index (κ3) is 2.22. The smallest absolute Gasteiger partial charge is 0.255 e. The van der Waals surface area contributed by atoms with Crippen LogP contribution < -0.4 is 10.5 Å². The van der Waals surface area contributed by atoms with Crippen molar-refractivity contribution in [3.63, 3.8) is 0 Å². The standard InChI is InChI=1S/C11H10N2O2/c12-11(14)7-15-10-2-1-8-3-4-13-6-9(8)5-10/h1-6H,7H2,(H2,12,14). The second-order valence-corrected chi connectivity index (χ2v) is 3.14. The third-order valence-corrected chi connectivity index (χ3v) is 1.99. The Morgan fingerprint density at radius 1 is 1.33 bits per heavy atom. The highest BCUT2D eigenvalue weighted by molar-refractivity contribution is 5.83. The fourth-order valence-corrected chi connectivity index (χ4v) is 1.31. The van der Waals surface area contributed by atoms with Crippen LogP contribution in [0, 0.1) is 0 Å². The highest BCUT2D eigenvalue weighted by Gasteiger charge is 1.99. The first kappa shape index (κ1) is 9.45. The monoisotopic (exact) mass is 202 g/mol. The molecular weight excluding hydrogens is 192 g/mol. The maximum atomic E-state index is 10.5. The molecule has 1 aromatic carbocycles. The molecule has 0 aliphatic rings. The van der Waals surface area contributed by atoms with E-state index in [4.69, 9.17) is 10.5 Å². The zero-order chi connectivity index (χ0) is 10.7. The molecule has 0 bridgehead atoms. The molecule has 0 atom stereocenters. The summed E-state index contributed by atoms with van der Waals surface area (Å²) in [5, 5.41) is 2.05. The number of ether oxygens (including phenoxy) is 1. The summed E-state index contributed by atoms with van der Waals surface area (Å²) in [5.74, 6) is 0.135. The fourth-order valence-electron chi connectivity index (χ4n) is 1.31. The average molecular weight is 202 g/mol. The molecule has 2 aromatic rings. The van der Waals surface area contributed by atoms with Gasteiger partial charge in [0.25, 0.3) is 5.91 Å². The number of fused-ring (bicyclic) bond motifs is 1. The van der Waals surface area contributed by atoms with Crippen molar-refractivity contribution < 1.29 is 9.53 Å². The van der Waals surface area contributed by atoms with Crippen LogP contribution in [0.4, 0.5) is 0 Å². The second kappa shape index (κ2) is 3.96. The van der Waals surface area contributed by atoms with E-state index in [0.29, 0.717) is 5.75 Å². The predicted octanol–water partition coefficient (Wildman–Crippen LogP) is 1.10. The molecule has 0 fully saturated rings. The van der Waals surface area contributed by atoms with Gasteiger partial charge in [-0.05, 0) is 23.6 Å². The molecule has 0 spiro atoms. The second-order valence-electron chi connectivity index (χ2n) is 3.14.